The lowest BCUT2D eigenvalue weighted by Gasteiger charge is -2.46. The van der Waals surface area contributed by atoms with Crippen molar-refractivity contribution in [2.45, 2.75) is 37.9 Å². The second-order valence-electron chi connectivity index (χ2n) is 9.79. The van der Waals surface area contributed by atoms with Crippen LogP contribution in [0.4, 0.5) is 19.3 Å². The van der Waals surface area contributed by atoms with Crippen LogP contribution in [0.25, 0.3) is 0 Å². The van der Waals surface area contributed by atoms with Crippen LogP contribution in [0.5, 0.6) is 17.2 Å². The predicted octanol–water partition coefficient (Wildman–Crippen LogP) is 4.32. The summed E-state index contributed by atoms with van der Waals surface area (Å²) in [6.07, 6.45) is -3.46. The fraction of sp³-hybridized carbons (Fsp3) is 0.355. The van der Waals surface area contributed by atoms with Crippen molar-refractivity contribution < 1.29 is 37.7 Å². The van der Waals surface area contributed by atoms with E-state index in [4.69, 9.17) is 14.2 Å². The SMILES string of the molecule is COc1cc(N(C(=O)[O-])N(Cc2ccccc2)C(c2ccccc2)C(C(=O)C(F)F)N2CCCC2)cc(OC)c1OC. The molecule has 42 heavy (non-hydrogen) atoms. The van der Waals surface area contributed by atoms with E-state index in [0.29, 0.717) is 24.2 Å². The minimum atomic E-state index is -3.27. The van der Waals surface area contributed by atoms with Crippen LogP contribution in [0.2, 0.25) is 0 Å². The first-order chi connectivity index (χ1) is 20.3. The smallest absolute Gasteiger partial charge is 0.297 e. The molecule has 224 valence electrons. The third-order valence-electron chi connectivity index (χ3n) is 7.31. The largest absolute Gasteiger partial charge is 0.529 e. The maximum Gasteiger partial charge on any atom is 0.297 e. The molecule has 1 aliphatic rings. The molecule has 0 bridgehead atoms. The summed E-state index contributed by atoms with van der Waals surface area (Å²) in [5, 5.41) is 15.3. The lowest BCUT2D eigenvalue weighted by atomic mass is 9.93. The van der Waals surface area contributed by atoms with Crippen molar-refractivity contribution in [2.24, 2.45) is 0 Å². The van der Waals surface area contributed by atoms with Crippen molar-refractivity contribution in [3.63, 3.8) is 0 Å². The van der Waals surface area contributed by atoms with Crippen molar-refractivity contribution in [1.82, 2.24) is 9.91 Å². The van der Waals surface area contributed by atoms with Gasteiger partial charge in [0, 0.05) is 18.7 Å². The molecule has 3 aromatic rings. The minimum absolute atomic E-state index is 0.0473. The third-order valence-corrected chi connectivity index (χ3v) is 7.31. The van der Waals surface area contributed by atoms with Crippen LogP contribution in [0.1, 0.15) is 30.0 Å². The molecule has 0 radical (unpaired) electrons. The quantitative estimate of drug-likeness (QED) is 0.275. The maximum atomic E-state index is 14.3. The standard InChI is InChI=1S/C31H35F2N3O6/c1-40-24-18-23(19-25(41-2)29(24)42-3)36(31(38)39)35(20-21-12-6-4-7-13-21)26(22-14-8-5-9-15-22)27(28(37)30(32)33)34-16-10-11-17-34/h4-9,12-15,18-19,26-27,30H,10-11,16-17,20H2,1-3H3,(H,38,39)/p-1. The Morgan fingerprint density at radius 1 is 0.881 bits per heavy atom. The fourth-order valence-electron chi connectivity index (χ4n) is 5.46. The van der Waals surface area contributed by atoms with E-state index in [1.165, 1.54) is 38.5 Å². The average molecular weight is 583 g/mol. The number of carbonyl (C=O) groups is 2. The van der Waals surface area contributed by atoms with Gasteiger partial charge >= 0.3 is 0 Å². The Hall–Kier alpha value is -4.22. The van der Waals surface area contributed by atoms with Crippen LogP contribution >= 0.6 is 0 Å². The van der Waals surface area contributed by atoms with E-state index in [2.05, 4.69) is 0 Å². The number of carbonyl (C=O) groups excluding carboxylic acids is 2. The molecule has 2 unspecified atom stereocenters. The highest BCUT2D eigenvalue weighted by molar-refractivity contribution is 5.89. The third kappa shape index (κ3) is 6.63. The Balaban J connectivity index is 2.00. The van der Waals surface area contributed by atoms with Crippen LogP contribution in [0.3, 0.4) is 0 Å². The van der Waals surface area contributed by atoms with Crippen LogP contribution in [0, 0.1) is 0 Å². The molecule has 3 aromatic carbocycles. The lowest BCUT2D eigenvalue weighted by molar-refractivity contribution is -0.251. The number of hydrogen-bond donors (Lipinski definition) is 0. The van der Waals surface area contributed by atoms with Crippen molar-refractivity contribution in [3.05, 3.63) is 83.9 Å². The van der Waals surface area contributed by atoms with E-state index in [0.717, 1.165) is 17.9 Å². The summed E-state index contributed by atoms with van der Waals surface area (Å²) in [5.74, 6) is -0.700. The molecular weight excluding hydrogens is 548 g/mol. The molecule has 9 nitrogen and oxygen atoms in total. The van der Waals surface area contributed by atoms with Crippen molar-refractivity contribution in [1.29, 1.82) is 0 Å². The molecule has 2 atom stereocenters. The number of methoxy groups -OCH3 is 3. The number of Topliss-reactive ketones (excluding diaryl/α,β-unsaturated/α-hetero) is 1. The monoisotopic (exact) mass is 582 g/mol. The highest BCUT2D eigenvalue weighted by Crippen LogP contribution is 2.43. The van der Waals surface area contributed by atoms with Crippen molar-refractivity contribution in [3.8, 4) is 17.2 Å². The number of hydrazine groups is 1. The number of amides is 1. The Kier molecular flexibility index (Phi) is 10.3. The maximum absolute atomic E-state index is 14.3. The van der Waals surface area contributed by atoms with Gasteiger partial charge in [0.05, 0.1) is 39.1 Å². The molecule has 0 spiro atoms. The number of likely N-dealkylation sites (tertiary alicyclic amines) is 1. The van der Waals surface area contributed by atoms with Gasteiger partial charge in [0.2, 0.25) is 11.5 Å². The second-order valence-corrected chi connectivity index (χ2v) is 9.79. The molecule has 11 heteroatoms. The van der Waals surface area contributed by atoms with E-state index < -0.39 is 30.4 Å². The zero-order valence-corrected chi connectivity index (χ0v) is 23.7. The van der Waals surface area contributed by atoms with Gasteiger partial charge in [-0.05, 0) is 37.1 Å². The van der Waals surface area contributed by atoms with Gasteiger partial charge in [0.1, 0.15) is 0 Å². The summed E-state index contributed by atoms with van der Waals surface area (Å²) in [7, 11) is 4.20. The van der Waals surface area contributed by atoms with E-state index >= 15 is 0 Å². The van der Waals surface area contributed by atoms with Crippen LogP contribution in [-0.4, -0.2) is 68.7 Å². The summed E-state index contributed by atoms with van der Waals surface area (Å²) in [4.78, 5) is 28.2. The first-order valence-corrected chi connectivity index (χ1v) is 13.5. The number of ketones is 1. The van der Waals surface area contributed by atoms with Gasteiger partial charge in [0.25, 0.3) is 6.43 Å². The number of ether oxygens (including phenoxy) is 3. The number of halogens is 2. The zero-order chi connectivity index (χ0) is 30.2. The Morgan fingerprint density at radius 2 is 1.43 bits per heavy atom. The molecule has 1 aliphatic heterocycles. The lowest BCUT2D eigenvalue weighted by Crippen LogP contribution is -2.59. The van der Waals surface area contributed by atoms with E-state index in [9.17, 15) is 23.5 Å². The van der Waals surface area contributed by atoms with Crippen LogP contribution in [-0.2, 0) is 11.3 Å². The summed E-state index contributed by atoms with van der Waals surface area (Å²) in [5.41, 5.74) is 1.21. The molecule has 1 amide bonds. The molecule has 0 N–H and O–H groups in total. The Morgan fingerprint density at radius 3 is 1.90 bits per heavy atom. The minimum Gasteiger partial charge on any atom is -0.529 e. The van der Waals surface area contributed by atoms with Gasteiger partial charge in [-0.3, -0.25) is 14.7 Å². The molecule has 0 saturated carbocycles. The molecule has 1 fully saturated rings. The van der Waals surface area contributed by atoms with Gasteiger partial charge in [-0.2, -0.15) is 0 Å². The number of anilines is 1. The first-order valence-electron chi connectivity index (χ1n) is 13.5. The van der Waals surface area contributed by atoms with Gasteiger partial charge in [-0.15, -0.1) is 0 Å². The Labute approximate surface area is 243 Å². The van der Waals surface area contributed by atoms with E-state index in [-0.39, 0.29) is 29.5 Å². The van der Waals surface area contributed by atoms with Crippen LogP contribution < -0.4 is 24.3 Å². The molecule has 0 aliphatic carbocycles. The van der Waals surface area contributed by atoms with E-state index in [1.807, 2.05) is 6.07 Å². The van der Waals surface area contributed by atoms with Gasteiger partial charge in [-0.25, -0.2) is 13.8 Å². The second kappa shape index (κ2) is 14.1. The summed E-state index contributed by atoms with van der Waals surface area (Å²) < 4.78 is 44.9. The number of rotatable bonds is 13. The van der Waals surface area contributed by atoms with Crippen molar-refractivity contribution in [2.75, 3.05) is 39.4 Å². The number of nitrogens with zero attached hydrogens (tertiary/aromatic N) is 3. The first kappa shape index (κ1) is 30.7. The van der Waals surface area contributed by atoms with Crippen LogP contribution in [0.15, 0.2) is 72.8 Å². The zero-order valence-electron chi connectivity index (χ0n) is 23.7. The van der Waals surface area contributed by atoms with Gasteiger partial charge in [0.15, 0.2) is 17.6 Å². The molecular formula is C31H34F2N3O6-. The number of carboxylic acid groups (broad SMARTS) is 1. The molecule has 1 heterocycles. The van der Waals surface area contributed by atoms with Gasteiger partial charge in [-0.1, -0.05) is 60.7 Å². The number of benzene rings is 3. The highest BCUT2D eigenvalue weighted by Gasteiger charge is 2.44. The molecule has 1 saturated heterocycles. The summed E-state index contributed by atoms with van der Waals surface area (Å²) in [6.45, 7) is 0.772. The predicted molar refractivity (Wildman–Crippen MR) is 151 cm³/mol. The highest BCUT2D eigenvalue weighted by atomic mass is 19.3. The number of hydrogen-bond acceptors (Lipinski definition) is 8. The van der Waals surface area contributed by atoms with E-state index in [1.54, 1.807) is 59.5 Å². The normalized spacial score (nSPS) is 14.9. The summed E-state index contributed by atoms with van der Waals surface area (Å²) in [6, 6.07) is 17.9. The average Bonchev–Trinajstić information content (AvgIpc) is 3.54. The van der Waals surface area contributed by atoms with Crippen molar-refractivity contribution >= 4 is 17.6 Å². The Bertz CT molecular complexity index is 1310. The summed E-state index contributed by atoms with van der Waals surface area (Å²) >= 11 is 0. The topological polar surface area (TPSA) is 94.6 Å². The van der Waals surface area contributed by atoms with Gasteiger partial charge < -0.3 is 24.1 Å². The molecule has 4 rings (SSSR count). The fourth-order valence-corrected chi connectivity index (χ4v) is 5.46. The molecule has 0 aromatic heterocycles. The number of alkyl halides is 2.